The molecule has 5 amide bonds. The van der Waals surface area contributed by atoms with Gasteiger partial charge in [-0.1, -0.05) is 0 Å². The molecular weight excluding hydrogens is 436 g/mol. The highest BCUT2D eigenvalue weighted by atomic mass is 32.1. The van der Waals surface area contributed by atoms with E-state index in [9.17, 15) is 33.9 Å². The summed E-state index contributed by atoms with van der Waals surface area (Å²) in [5, 5.41) is 25.4. The van der Waals surface area contributed by atoms with Crippen molar-refractivity contribution in [1.29, 1.82) is 0 Å². The molecule has 0 radical (unpaired) electrons. The summed E-state index contributed by atoms with van der Waals surface area (Å²) in [5.41, 5.74) is 15.5. The molecule has 0 aliphatic rings. The Morgan fingerprint density at radius 1 is 0.903 bits per heavy atom. The van der Waals surface area contributed by atoms with E-state index in [0.717, 1.165) is 0 Å². The maximum atomic E-state index is 12.6. The summed E-state index contributed by atoms with van der Waals surface area (Å²) in [5.74, 6) is -6.25. The third-order valence-corrected chi connectivity index (χ3v) is 4.32. The van der Waals surface area contributed by atoms with Gasteiger partial charge in [0.15, 0.2) is 0 Å². The zero-order chi connectivity index (χ0) is 24.3. The van der Waals surface area contributed by atoms with Crippen LogP contribution in [0.1, 0.15) is 26.2 Å². The van der Waals surface area contributed by atoms with Gasteiger partial charge in [0.05, 0.1) is 18.6 Å². The first-order valence-corrected chi connectivity index (χ1v) is 9.68. The Balaban J connectivity index is 5.50. The summed E-state index contributed by atoms with van der Waals surface area (Å²) in [6.07, 6.45) is -2.81. The third kappa shape index (κ3) is 10.6. The molecule has 0 spiro atoms. The van der Waals surface area contributed by atoms with Crippen LogP contribution in [0.25, 0.3) is 0 Å². The molecule has 0 fully saturated rings. The fourth-order valence-electron chi connectivity index (χ4n) is 2.24. The highest BCUT2D eigenvalue weighted by Crippen LogP contribution is 2.03. The first kappa shape index (κ1) is 28.1. The molecule has 5 atom stereocenters. The second-order valence-corrected chi connectivity index (χ2v) is 7.02. The molecule has 0 aromatic rings. The topological polar surface area (TPSA) is 257 Å². The zero-order valence-electron chi connectivity index (χ0n) is 16.7. The third-order valence-electron chi connectivity index (χ3n) is 3.93. The summed E-state index contributed by atoms with van der Waals surface area (Å²) in [6, 6.07) is -5.76. The van der Waals surface area contributed by atoms with Gasteiger partial charge in [0.2, 0.25) is 29.5 Å². The highest BCUT2D eigenvalue weighted by Gasteiger charge is 2.32. The van der Waals surface area contributed by atoms with Gasteiger partial charge in [0.25, 0.3) is 0 Å². The van der Waals surface area contributed by atoms with Gasteiger partial charge in [-0.3, -0.25) is 24.0 Å². The summed E-state index contributed by atoms with van der Waals surface area (Å²) in [6.45, 7) is 1.20. The maximum Gasteiger partial charge on any atom is 0.326 e. The Hall–Kier alpha value is -2.91. The number of carboxylic acids is 1. The van der Waals surface area contributed by atoms with Crippen molar-refractivity contribution in [3.05, 3.63) is 0 Å². The van der Waals surface area contributed by atoms with Crippen molar-refractivity contribution >= 4 is 48.1 Å². The predicted molar refractivity (Wildman–Crippen MR) is 109 cm³/mol. The molecule has 15 heteroatoms. The summed E-state index contributed by atoms with van der Waals surface area (Å²) in [4.78, 5) is 70.3. The lowest BCUT2D eigenvalue weighted by atomic mass is 10.1. The molecule has 31 heavy (non-hydrogen) atoms. The summed E-state index contributed by atoms with van der Waals surface area (Å²) in [7, 11) is 0. The second kappa shape index (κ2) is 13.4. The van der Waals surface area contributed by atoms with E-state index >= 15 is 0 Å². The van der Waals surface area contributed by atoms with Crippen LogP contribution in [0, 0.1) is 0 Å². The number of nitrogens with two attached hydrogens (primary N) is 3. The number of amides is 5. The number of aliphatic hydroxyl groups excluding tert-OH is 1. The van der Waals surface area contributed by atoms with E-state index in [1.807, 2.05) is 5.32 Å². The second-order valence-electron chi connectivity index (χ2n) is 6.65. The van der Waals surface area contributed by atoms with Gasteiger partial charge in [-0.15, -0.1) is 0 Å². The van der Waals surface area contributed by atoms with Gasteiger partial charge in [0.1, 0.15) is 18.1 Å². The predicted octanol–water partition coefficient (Wildman–Crippen LogP) is -4.70. The molecule has 0 aliphatic carbocycles. The number of carboxylic acid groups (broad SMARTS) is 1. The fraction of sp³-hybridized carbons (Fsp3) is 0.625. The van der Waals surface area contributed by atoms with Gasteiger partial charge in [0, 0.05) is 12.2 Å². The minimum absolute atomic E-state index is 0.0416. The van der Waals surface area contributed by atoms with Gasteiger partial charge < -0.3 is 43.4 Å². The smallest absolute Gasteiger partial charge is 0.326 e. The number of carbonyl (C=O) groups excluding carboxylic acids is 5. The minimum Gasteiger partial charge on any atom is -0.480 e. The Morgan fingerprint density at radius 2 is 1.45 bits per heavy atom. The van der Waals surface area contributed by atoms with Crippen LogP contribution >= 0.6 is 12.6 Å². The van der Waals surface area contributed by atoms with Crippen molar-refractivity contribution < 1.29 is 39.0 Å². The lowest BCUT2D eigenvalue weighted by Crippen LogP contribution is -2.60. The van der Waals surface area contributed by atoms with Gasteiger partial charge in [-0.2, -0.15) is 12.6 Å². The Labute approximate surface area is 183 Å². The summed E-state index contributed by atoms with van der Waals surface area (Å²) < 4.78 is 0. The molecule has 176 valence electrons. The first-order chi connectivity index (χ1) is 14.3. The normalized spacial score (nSPS) is 15.5. The van der Waals surface area contributed by atoms with Crippen molar-refractivity contribution in [2.45, 2.75) is 56.5 Å². The number of hydrogen-bond donors (Lipinski definition) is 9. The molecule has 0 saturated carbocycles. The number of primary amides is 2. The largest absolute Gasteiger partial charge is 0.480 e. The van der Waals surface area contributed by atoms with Gasteiger partial charge in [-0.25, -0.2) is 4.79 Å². The van der Waals surface area contributed by atoms with E-state index in [1.54, 1.807) is 0 Å². The molecule has 14 nitrogen and oxygen atoms in total. The molecular formula is C16H28N6O8S. The highest BCUT2D eigenvalue weighted by molar-refractivity contribution is 7.80. The Kier molecular flexibility index (Phi) is 12.1. The molecule has 0 heterocycles. The van der Waals surface area contributed by atoms with Crippen LogP contribution < -0.4 is 33.2 Å². The monoisotopic (exact) mass is 464 g/mol. The van der Waals surface area contributed by atoms with Crippen LogP contribution in [0.15, 0.2) is 0 Å². The number of nitrogens with one attached hydrogen (secondary N) is 3. The van der Waals surface area contributed by atoms with E-state index in [0.29, 0.717) is 0 Å². The van der Waals surface area contributed by atoms with Crippen LogP contribution in [0.3, 0.4) is 0 Å². The molecule has 0 bridgehead atoms. The van der Waals surface area contributed by atoms with E-state index in [2.05, 4.69) is 23.3 Å². The standard InChI is InChI=1S/C16H28N6O8S/c1-6(23)12(22-13(26)7(17)5-31)15(28)20-8(2-3-10(18)24)14(27)21-9(16(29)30)4-11(19)25/h6-9,12,23,31H,2-5,17H2,1H3,(H2,18,24)(H2,19,25)(H,20,28)(H,21,27)(H,22,26)(H,29,30). The molecule has 5 unspecified atom stereocenters. The molecule has 0 saturated heterocycles. The molecule has 0 aromatic carbocycles. The van der Waals surface area contributed by atoms with Crippen LogP contribution in [0.2, 0.25) is 0 Å². The van der Waals surface area contributed by atoms with Gasteiger partial charge in [-0.05, 0) is 13.3 Å². The molecule has 0 aliphatic heterocycles. The Bertz CT molecular complexity index is 704. The van der Waals surface area contributed by atoms with E-state index in [1.165, 1.54) is 6.92 Å². The average Bonchev–Trinajstić information content (AvgIpc) is 2.66. The lowest BCUT2D eigenvalue weighted by molar-refractivity contribution is -0.144. The maximum absolute atomic E-state index is 12.6. The lowest BCUT2D eigenvalue weighted by Gasteiger charge is -2.26. The summed E-state index contributed by atoms with van der Waals surface area (Å²) >= 11 is 3.86. The zero-order valence-corrected chi connectivity index (χ0v) is 17.6. The first-order valence-electron chi connectivity index (χ1n) is 9.05. The van der Waals surface area contributed by atoms with Crippen LogP contribution in [0.5, 0.6) is 0 Å². The van der Waals surface area contributed by atoms with Crippen molar-refractivity contribution in [3.63, 3.8) is 0 Å². The van der Waals surface area contributed by atoms with Crippen LogP contribution in [0.4, 0.5) is 0 Å². The number of aliphatic hydroxyl groups is 1. The molecule has 11 N–H and O–H groups in total. The fourth-order valence-corrected chi connectivity index (χ4v) is 2.40. The van der Waals surface area contributed by atoms with Gasteiger partial charge >= 0.3 is 5.97 Å². The van der Waals surface area contributed by atoms with Crippen LogP contribution in [-0.4, -0.2) is 81.7 Å². The minimum atomic E-state index is -1.68. The van der Waals surface area contributed by atoms with Crippen molar-refractivity contribution in [3.8, 4) is 0 Å². The Morgan fingerprint density at radius 3 is 1.87 bits per heavy atom. The average molecular weight is 465 g/mol. The number of aliphatic carboxylic acids is 1. The van der Waals surface area contributed by atoms with E-state index in [-0.39, 0.29) is 18.6 Å². The number of hydrogen-bond acceptors (Lipinski definition) is 9. The quantitative estimate of drug-likeness (QED) is 0.112. The SMILES string of the molecule is CC(O)C(NC(=O)C(N)CS)C(=O)NC(CCC(N)=O)C(=O)NC(CC(N)=O)C(=O)O. The number of rotatable bonds is 14. The van der Waals surface area contributed by atoms with E-state index < -0.39 is 72.2 Å². The molecule has 0 rings (SSSR count). The number of carbonyl (C=O) groups is 6. The number of thiol groups is 1. The van der Waals surface area contributed by atoms with Crippen molar-refractivity contribution in [1.82, 2.24) is 16.0 Å². The van der Waals surface area contributed by atoms with Crippen molar-refractivity contribution in [2.75, 3.05) is 5.75 Å². The van der Waals surface area contributed by atoms with Crippen molar-refractivity contribution in [2.24, 2.45) is 17.2 Å². The van der Waals surface area contributed by atoms with Crippen LogP contribution in [-0.2, 0) is 28.8 Å². The molecule has 0 aromatic heterocycles. The van der Waals surface area contributed by atoms with E-state index in [4.69, 9.17) is 22.3 Å².